The lowest BCUT2D eigenvalue weighted by Gasteiger charge is -2.04. The summed E-state index contributed by atoms with van der Waals surface area (Å²) in [7, 11) is 1.90. The summed E-state index contributed by atoms with van der Waals surface area (Å²) in [5, 5.41) is 3.16. The number of oxazole rings is 1. The Morgan fingerprint density at radius 1 is 1.16 bits per heavy atom. The smallest absolute Gasteiger partial charge is 0.229 e. The minimum absolute atomic E-state index is 0.660. The van der Waals surface area contributed by atoms with Crippen LogP contribution in [0.2, 0.25) is 0 Å². The number of para-hydroxylation sites is 1. The molecule has 19 heavy (non-hydrogen) atoms. The molecule has 96 valence electrons. The van der Waals surface area contributed by atoms with Gasteiger partial charge in [-0.2, -0.15) is 0 Å². The Bertz CT molecular complexity index is 716. The fourth-order valence-corrected chi connectivity index (χ4v) is 2.20. The Morgan fingerprint density at radius 3 is 2.79 bits per heavy atom. The van der Waals surface area contributed by atoms with Crippen molar-refractivity contribution in [3.63, 3.8) is 0 Å². The highest BCUT2D eigenvalue weighted by Crippen LogP contribution is 2.30. The van der Waals surface area contributed by atoms with Crippen molar-refractivity contribution in [1.29, 1.82) is 0 Å². The fraction of sp³-hybridized carbons (Fsp3) is 0.188. The van der Waals surface area contributed by atoms with Gasteiger partial charge in [0, 0.05) is 12.7 Å². The minimum Gasteiger partial charge on any atom is -0.436 e. The highest BCUT2D eigenvalue weighted by atomic mass is 16.3. The van der Waals surface area contributed by atoms with Crippen LogP contribution in [-0.2, 0) is 6.42 Å². The maximum atomic E-state index is 5.84. The number of aromatic nitrogens is 1. The number of hydrogen-bond acceptors (Lipinski definition) is 3. The van der Waals surface area contributed by atoms with Gasteiger partial charge in [0.05, 0.1) is 5.56 Å². The van der Waals surface area contributed by atoms with Crippen LogP contribution in [-0.4, -0.2) is 12.0 Å². The molecule has 1 N–H and O–H groups in total. The van der Waals surface area contributed by atoms with E-state index in [0.717, 1.165) is 28.8 Å². The average molecular weight is 252 g/mol. The summed E-state index contributed by atoms with van der Waals surface area (Å²) in [5.41, 5.74) is 5.02. The first kappa shape index (κ1) is 11.8. The Balaban J connectivity index is 2.15. The first-order valence-corrected chi connectivity index (χ1v) is 6.48. The lowest BCUT2D eigenvalue weighted by atomic mass is 10.1. The van der Waals surface area contributed by atoms with Gasteiger partial charge in [-0.1, -0.05) is 25.1 Å². The van der Waals surface area contributed by atoms with Gasteiger partial charge in [0.25, 0.3) is 0 Å². The standard InChI is InChI=1S/C16H16N2O/c1-3-11-8-9-15-14(10-11)18-16(19-15)12-6-4-5-7-13(12)17-2/h4-10,17H,3H2,1-2H3. The van der Waals surface area contributed by atoms with Crippen molar-refractivity contribution in [2.24, 2.45) is 0 Å². The van der Waals surface area contributed by atoms with E-state index >= 15 is 0 Å². The molecule has 0 aliphatic carbocycles. The molecule has 1 aromatic heterocycles. The molecular weight excluding hydrogens is 236 g/mol. The second-order valence-corrected chi connectivity index (χ2v) is 4.47. The van der Waals surface area contributed by atoms with Crippen LogP contribution in [0.3, 0.4) is 0 Å². The van der Waals surface area contributed by atoms with Crippen LogP contribution in [0.15, 0.2) is 46.9 Å². The Labute approximate surface area is 112 Å². The molecule has 2 aromatic carbocycles. The van der Waals surface area contributed by atoms with Gasteiger partial charge < -0.3 is 9.73 Å². The van der Waals surface area contributed by atoms with Crippen molar-refractivity contribution in [1.82, 2.24) is 4.98 Å². The zero-order valence-corrected chi connectivity index (χ0v) is 11.1. The molecule has 0 spiro atoms. The van der Waals surface area contributed by atoms with Gasteiger partial charge >= 0.3 is 0 Å². The third kappa shape index (κ3) is 2.08. The number of aryl methyl sites for hydroxylation is 1. The first-order valence-electron chi connectivity index (χ1n) is 6.48. The number of hydrogen-bond donors (Lipinski definition) is 1. The van der Waals surface area contributed by atoms with Crippen molar-refractivity contribution in [2.45, 2.75) is 13.3 Å². The summed E-state index contributed by atoms with van der Waals surface area (Å²) < 4.78 is 5.84. The van der Waals surface area contributed by atoms with E-state index in [1.54, 1.807) is 0 Å². The molecule has 0 bridgehead atoms. The number of anilines is 1. The van der Waals surface area contributed by atoms with Crippen molar-refractivity contribution in [3.05, 3.63) is 48.0 Å². The lowest BCUT2D eigenvalue weighted by molar-refractivity contribution is 0.620. The highest BCUT2D eigenvalue weighted by molar-refractivity contribution is 5.80. The van der Waals surface area contributed by atoms with E-state index in [-0.39, 0.29) is 0 Å². The predicted molar refractivity (Wildman–Crippen MR) is 78.4 cm³/mol. The summed E-state index contributed by atoms with van der Waals surface area (Å²) in [6, 6.07) is 14.2. The second-order valence-electron chi connectivity index (χ2n) is 4.47. The van der Waals surface area contributed by atoms with Gasteiger partial charge in [-0.05, 0) is 36.2 Å². The van der Waals surface area contributed by atoms with E-state index in [1.807, 2.05) is 37.4 Å². The molecule has 0 aliphatic rings. The molecule has 1 heterocycles. The molecule has 3 nitrogen and oxygen atoms in total. The SMILES string of the molecule is CCc1ccc2oc(-c3ccccc3NC)nc2c1. The van der Waals surface area contributed by atoms with Crippen LogP contribution >= 0.6 is 0 Å². The van der Waals surface area contributed by atoms with E-state index in [0.29, 0.717) is 5.89 Å². The number of nitrogens with one attached hydrogen (secondary N) is 1. The maximum Gasteiger partial charge on any atom is 0.229 e. The molecule has 3 aromatic rings. The lowest BCUT2D eigenvalue weighted by Crippen LogP contribution is -1.91. The third-order valence-electron chi connectivity index (χ3n) is 3.29. The van der Waals surface area contributed by atoms with E-state index in [1.165, 1.54) is 5.56 Å². The Kier molecular flexibility index (Phi) is 2.95. The monoisotopic (exact) mass is 252 g/mol. The number of rotatable bonds is 3. The second kappa shape index (κ2) is 4.76. The minimum atomic E-state index is 0.660. The fourth-order valence-electron chi connectivity index (χ4n) is 2.20. The summed E-state index contributed by atoms with van der Waals surface area (Å²) in [6.45, 7) is 2.14. The predicted octanol–water partition coefficient (Wildman–Crippen LogP) is 4.10. The van der Waals surface area contributed by atoms with Crippen molar-refractivity contribution in [3.8, 4) is 11.5 Å². The topological polar surface area (TPSA) is 38.1 Å². The zero-order chi connectivity index (χ0) is 13.2. The number of benzene rings is 2. The Morgan fingerprint density at radius 2 is 2.00 bits per heavy atom. The van der Waals surface area contributed by atoms with Gasteiger partial charge in [0.2, 0.25) is 5.89 Å². The molecular formula is C16H16N2O. The molecule has 0 fully saturated rings. The first-order chi connectivity index (χ1) is 9.31. The van der Waals surface area contributed by atoms with Gasteiger partial charge in [-0.25, -0.2) is 4.98 Å². The number of fused-ring (bicyclic) bond motifs is 1. The van der Waals surface area contributed by atoms with Crippen LogP contribution in [0, 0.1) is 0 Å². The van der Waals surface area contributed by atoms with Gasteiger partial charge in [-0.3, -0.25) is 0 Å². The highest BCUT2D eigenvalue weighted by Gasteiger charge is 2.11. The molecule has 0 amide bonds. The molecule has 0 unspecified atom stereocenters. The summed E-state index contributed by atoms with van der Waals surface area (Å²) in [6.07, 6.45) is 1.01. The van der Waals surface area contributed by atoms with Crippen LogP contribution in [0.5, 0.6) is 0 Å². The van der Waals surface area contributed by atoms with Gasteiger partial charge in [0.15, 0.2) is 5.58 Å². The third-order valence-corrected chi connectivity index (χ3v) is 3.29. The summed E-state index contributed by atoms with van der Waals surface area (Å²) in [5.74, 6) is 0.660. The molecule has 3 rings (SSSR count). The molecule has 0 radical (unpaired) electrons. The average Bonchev–Trinajstić information content (AvgIpc) is 2.89. The van der Waals surface area contributed by atoms with Crippen LogP contribution in [0.4, 0.5) is 5.69 Å². The van der Waals surface area contributed by atoms with Gasteiger partial charge in [0.1, 0.15) is 5.52 Å². The Hall–Kier alpha value is -2.29. The number of nitrogens with zero attached hydrogens (tertiary/aromatic N) is 1. The van der Waals surface area contributed by atoms with E-state index in [9.17, 15) is 0 Å². The summed E-state index contributed by atoms with van der Waals surface area (Å²) >= 11 is 0. The van der Waals surface area contributed by atoms with E-state index in [4.69, 9.17) is 4.42 Å². The van der Waals surface area contributed by atoms with Crippen molar-refractivity contribution < 1.29 is 4.42 Å². The normalized spacial score (nSPS) is 10.8. The molecule has 0 saturated heterocycles. The van der Waals surface area contributed by atoms with Crippen molar-refractivity contribution >= 4 is 16.8 Å². The van der Waals surface area contributed by atoms with Crippen LogP contribution < -0.4 is 5.32 Å². The quantitative estimate of drug-likeness (QED) is 0.762. The van der Waals surface area contributed by atoms with E-state index < -0.39 is 0 Å². The zero-order valence-electron chi connectivity index (χ0n) is 11.1. The molecule has 0 saturated carbocycles. The molecule has 0 aliphatic heterocycles. The van der Waals surface area contributed by atoms with Crippen molar-refractivity contribution in [2.75, 3.05) is 12.4 Å². The molecule has 3 heteroatoms. The maximum absolute atomic E-state index is 5.84. The van der Waals surface area contributed by atoms with Crippen LogP contribution in [0.25, 0.3) is 22.6 Å². The van der Waals surface area contributed by atoms with E-state index in [2.05, 4.69) is 29.4 Å². The largest absolute Gasteiger partial charge is 0.436 e. The van der Waals surface area contributed by atoms with Crippen LogP contribution in [0.1, 0.15) is 12.5 Å². The van der Waals surface area contributed by atoms with Gasteiger partial charge in [-0.15, -0.1) is 0 Å². The molecule has 0 atom stereocenters. The summed E-state index contributed by atoms with van der Waals surface area (Å²) in [4.78, 5) is 4.59.